The molecule has 0 aromatic heterocycles. The third kappa shape index (κ3) is 8.09. The first-order chi connectivity index (χ1) is 10.7. The van der Waals surface area contributed by atoms with Crippen molar-refractivity contribution in [3.8, 4) is 0 Å². The van der Waals surface area contributed by atoms with Gasteiger partial charge in [0.15, 0.2) is 5.96 Å². The molecule has 2 N–H and O–H groups in total. The van der Waals surface area contributed by atoms with Crippen LogP contribution in [-0.2, 0) is 4.74 Å². The maximum atomic E-state index is 12.0. The van der Waals surface area contributed by atoms with Crippen LogP contribution in [0.15, 0.2) is 4.99 Å². The largest absolute Gasteiger partial charge is 0.444 e. The summed E-state index contributed by atoms with van der Waals surface area (Å²) in [6.07, 6.45) is 1.75. The first-order valence-corrected chi connectivity index (χ1v) is 8.74. The van der Waals surface area contributed by atoms with E-state index in [1.807, 2.05) is 25.7 Å². The van der Waals surface area contributed by atoms with Crippen LogP contribution in [0.3, 0.4) is 0 Å². The van der Waals surface area contributed by atoms with Gasteiger partial charge in [-0.3, -0.25) is 4.99 Å². The number of ether oxygens (including phenoxy) is 1. The van der Waals surface area contributed by atoms with E-state index in [1.54, 1.807) is 0 Å². The van der Waals surface area contributed by atoms with Crippen LogP contribution in [0.4, 0.5) is 4.79 Å². The molecule has 6 heteroatoms. The van der Waals surface area contributed by atoms with Crippen molar-refractivity contribution in [3.63, 3.8) is 0 Å². The lowest BCUT2D eigenvalue weighted by atomic mass is 9.97. The van der Waals surface area contributed by atoms with E-state index in [0.717, 1.165) is 45.0 Å². The predicted octanol–water partition coefficient (Wildman–Crippen LogP) is 2.60. The molecule has 0 unspecified atom stereocenters. The smallest absolute Gasteiger partial charge is 0.410 e. The van der Waals surface area contributed by atoms with Gasteiger partial charge in [0.05, 0.1) is 0 Å². The number of guanidine groups is 1. The van der Waals surface area contributed by atoms with Crippen molar-refractivity contribution in [2.24, 2.45) is 10.9 Å². The summed E-state index contributed by atoms with van der Waals surface area (Å²) in [4.78, 5) is 18.5. The molecule has 1 rings (SSSR count). The van der Waals surface area contributed by atoms with Crippen molar-refractivity contribution in [2.75, 3.05) is 26.2 Å². The highest BCUT2D eigenvalue weighted by Gasteiger charge is 2.26. The van der Waals surface area contributed by atoms with E-state index in [-0.39, 0.29) is 6.09 Å². The number of piperidine rings is 1. The second kappa shape index (κ2) is 8.99. The van der Waals surface area contributed by atoms with Gasteiger partial charge < -0.3 is 20.3 Å². The minimum Gasteiger partial charge on any atom is -0.444 e. The Bertz CT molecular complexity index is 394. The fourth-order valence-corrected chi connectivity index (χ4v) is 2.44. The van der Waals surface area contributed by atoms with Crippen LogP contribution in [-0.4, -0.2) is 54.8 Å². The average molecular weight is 326 g/mol. The van der Waals surface area contributed by atoms with E-state index >= 15 is 0 Å². The molecule has 1 saturated heterocycles. The SMILES string of the molecule is CCNC(=NCC1CCN(C(=O)OC(C)(C)C)CC1)NC(C)C. The van der Waals surface area contributed by atoms with Gasteiger partial charge in [0.25, 0.3) is 0 Å². The van der Waals surface area contributed by atoms with Crippen molar-refractivity contribution >= 4 is 12.1 Å². The van der Waals surface area contributed by atoms with Gasteiger partial charge in [0.2, 0.25) is 0 Å². The molecule has 0 spiro atoms. The highest BCUT2D eigenvalue weighted by Crippen LogP contribution is 2.19. The zero-order valence-corrected chi connectivity index (χ0v) is 15.6. The number of aliphatic imine (C=N–C) groups is 1. The minimum atomic E-state index is -0.429. The molecule has 0 saturated carbocycles. The van der Waals surface area contributed by atoms with E-state index in [1.165, 1.54) is 0 Å². The van der Waals surface area contributed by atoms with Gasteiger partial charge in [-0.2, -0.15) is 0 Å². The van der Waals surface area contributed by atoms with Crippen LogP contribution in [0.1, 0.15) is 54.4 Å². The maximum Gasteiger partial charge on any atom is 0.410 e. The van der Waals surface area contributed by atoms with Crippen molar-refractivity contribution in [2.45, 2.75) is 66.0 Å². The Kier molecular flexibility index (Phi) is 7.65. The van der Waals surface area contributed by atoms with Crippen molar-refractivity contribution < 1.29 is 9.53 Å². The predicted molar refractivity (Wildman–Crippen MR) is 94.8 cm³/mol. The van der Waals surface area contributed by atoms with E-state index in [2.05, 4.69) is 36.4 Å². The number of hydrogen-bond acceptors (Lipinski definition) is 3. The number of amides is 1. The number of rotatable bonds is 4. The molecule has 1 aliphatic rings. The van der Waals surface area contributed by atoms with E-state index in [9.17, 15) is 4.79 Å². The molecule has 1 heterocycles. The Morgan fingerprint density at radius 1 is 1.30 bits per heavy atom. The lowest BCUT2D eigenvalue weighted by Gasteiger charge is -2.33. The molecule has 134 valence electrons. The summed E-state index contributed by atoms with van der Waals surface area (Å²) in [5, 5.41) is 6.59. The lowest BCUT2D eigenvalue weighted by molar-refractivity contribution is 0.0187. The minimum absolute atomic E-state index is 0.200. The monoisotopic (exact) mass is 326 g/mol. The average Bonchev–Trinajstić information content (AvgIpc) is 2.43. The Labute approximate surface area is 141 Å². The molecule has 6 nitrogen and oxygen atoms in total. The summed E-state index contributed by atoms with van der Waals surface area (Å²) in [5.41, 5.74) is -0.429. The molecule has 1 fully saturated rings. The normalized spacial score (nSPS) is 17.3. The van der Waals surface area contributed by atoms with Gasteiger partial charge in [0.1, 0.15) is 5.60 Å². The number of nitrogens with one attached hydrogen (secondary N) is 2. The van der Waals surface area contributed by atoms with Crippen LogP contribution in [0.5, 0.6) is 0 Å². The molecular weight excluding hydrogens is 292 g/mol. The second-order valence-corrected chi connectivity index (χ2v) is 7.43. The third-order valence-electron chi connectivity index (χ3n) is 3.54. The zero-order valence-electron chi connectivity index (χ0n) is 15.6. The fourth-order valence-electron chi connectivity index (χ4n) is 2.44. The highest BCUT2D eigenvalue weighted by molar-refractivity contribution is 5.80. The maximum absolute atomic E-state index is 12.0. The van der Waals surface area contributed by atoms with Crippen LogP contribution < -0.4 is 10.6 Å². The fraction of sp³-hybridized carbons (Fsp3) is 0.882. The van der Waals surface area contributed by atoms with Crippen molar-refractivity contribution in [1.82, 2.24) is 15.5 Å². The molecule has 0 aromatic rings. The molecule has 0 aromatic carbocycles. The number of carbonyl (C=O) groups is 1. The first kappa shape index (κ1) is 19.6. The van der Waals surface area contributed by atoms with Crippen molar-refractivity contribution in [3.05, 3.63) is 0 Å². The van der Waals surface area contributed by atoms with Gasteiger partial charge in [-0.25, -0.2) is 4.79 Å². The van der Waals surface area contributed by atoms with E-state index < -0.39 is 5.60 Å². The summed E-state index contributed by atoms with van der Waals surface area (Å²) >= 11 is 0. The number of nitrogens with zero attached hydrogens (tertiary/aromatic N) is 2. The highest BCUT2D eigenvalue weighted by atomic mass is 16.6. The van der Waals surface area contributed by atoms with Gasteiger partial charge in [-0.15, -0.1) is 0 Å². The summed E-state index contributed by atoms with van der Waals surface area (Å²) in [5.74, 6) is 1.40. The summed E-state index contributed by atoms with van der Waals surface area (Å²) in [6, 6.07) is 0.363. The number of hydrogen-bond donors (Lipinski definition) is 2. The molecule has 0 bridgehead atoms. The number of carbonyl (C=O) groups excluding carboxylic acids is 1. The van der Waals surface area contributed by atoms with Crippen molar-refractivity contribution in [1.29, 1.82) is 0 Å². The van der Waals surface area contributed by atoms with Gasteiger partial charge in [-0.05, 0) is 60.3 Å². The van der Waals surface area contributed by atoms with Gasteiger partial charge >= 0.3 is 6.09 Å². The zero-order chi connectivity index (χ0) is 17.5. The van der Waals surface area contributed by atoms with E-state index in [0.29, 0.717) is 12.0 Å². The van der Waals surface area contributed by atoms with Gasteiger partial charge in [0, 0.05) is 32.2 Å². The standard InChI is InChI=1S/C17H34N4O2/c1-7-18-15(20-13(2)3)19-12-14-8-10-21(11-9-14)16(22)23-17(4,5)6/h13-14H,7-12H2,1-6H3,(H2,18,19,20). The second-order valence-electron chi connectivity index (χ2n) is 7.43. The molecular formula is C17H34N4O2. The Balaban J connectivity index is 2.42. The Morgan fingerprint density at radius 2 is 1.91 bits per heavy atom. The molecule has 0 aliphatic carbocycles. The quantitative estimate of drug-likeness (QED) is 0.615. The Morgan fingerprint density at radius 3 is 2.39 bits per heavy atom. The third-order valence-corrected chi connectivity index (χ3v) is 3.54. The van der Waals surface area contributed by atoms with Gasteiger partial charge in [-0.1, -0.05) is 0 Å². The lowest BCUT2D eigenvalue weighted by Crippen LogP contribution is -2.43. The summed E-state index contributed by atoms with van der Waals surface area (Å²) in [6.45, 7) is 15.1. The molecule has 23 heavy (non-hydrogen) atoms. The molecule has 1 aliphatic heterocycles. The van der Waals surface area contributed by atoms with Crippen LogP contribution in [0.2, 0.25) is 0 Å². The Hall–Kier alpha value is -1.46. The molecule has 0 atom stereocenters. The number of likely N-dealkylation sites (tertiary alicyclic amines) is 1. The summed E-state index contributed by atoms with van der Waals surface area (Å²) in [7, 11) is 0. The van der Waals surface area contributed by atoms with Crippen LogP contribution in [0.25, 0.3) is 0 Å². The van der Waals surface area contributed by atoms with E-state index in [4.69, 9.17) is 4.74 Å². The molecule has 1 amide bonds. The van der Waals surface area contributed by atoms with Crippen LogP contribution in [0, 0.1) is 5.92 Å². The molecule has 0 radical (unpaired) electrons. The summed E-state index contributed by atoms with van der Waals surface area (Å²) < 4.78 is 5.43. The van der Waals surface area contributed by atoms with Crippen LogP contribution >= 0.6 is 0 Å². The first-order valence-electron chi connectivity index (χ1n) is 8.74. The topological polar surface area (TPSA) is 66.0 Å².